The largest absolute Gasteiger partial charge is 0.486 e. The lowest BCUT2D eigenvalue weighted by atomic mass is 10.0. The highest BCUT2D eigenvalue weighted by Gasteiger charge is 2.07. The predicted octanol–water partition coefficient (Wildman–Crippen LogP) is 3.66. The Morgan fingerprint density at radius 1 is 1.26 bits per heavy atom. The SMILES string of the molecule is CC(C)c1ccc(OCc2ccccn2)c(C#N)c1. The smallest absolute Gasteiger partial charge is 0.137 e. The van der Waals surface area contributed by atoms with Gasteiger partial charge in [-0.15, -0.1) is 0 Å². The lowest BCUT2D eigenvalue weighted by Gasteiger charge is -2.10. The predicted molar refractivity (Wildman–Crippen MR) is 73.8 cm³/mol. The van der Waals surface area contributed by atoms with Crippen molar-refractivity contribution in [2.45, 2.75) is 26.4 Å². The van der Waals surface area contributed by atoms with Gasteiger partial charge in [0.1, 0.15) is 18.4 Å². The number of benzene rings is 1. The third-order valence-electron chi connectivity index (χ3n) is 2.89. The van der Waals surface area contributed by atoms with Crippen LogP contribution in [0.1, 0.15) is 36.6 Å². The van der Waals surface area contributed by atoms with E-state index in [0.717, 1.165) is 11.3 Å². The average molecular weight is 252 g/mol. The summed E-state index contributed by atoms with van der Waals surface area (Å²) in [5, 5.41) is 9.18. The van der Waals surface area contributed by atoms with Gasteiger partial charge in [-0.3, -0.25) is 4.98 Å². The number of hydrogen-bond donors (Lipinski definition) is 0. The molecule has 1 heterocycles. The normalized spacial score (nSPS) is 10.2. The van der Waals surface area contributed by atoms with E-state index in [2.05, 4.69) is 24.9 Å². The Bertz CT molecular complexity index is 585. The fourth-order valence-corrected chi connectivity index (χ4v) is 1.76. The molecule has 0 aliphatic carbocycles. The fraction of sp³-hybridized carbons (Fsp3) is 0.250. The third kappa shape index (κ3) is 3.32. The van der Waals surface area contributed by atoms with Crippen molar-refractivity contribution >= 4 is 0 Å². The minimum Gasteiger partial charge on any atom is -0.486 e. The van der Waals surface area contributed by atoms with Gasteiger partial charge in [-0.1, -0.05) is 26.0 Å². The second-order valence-corrected chi connectivity index (χ2v) is 4.63. The van der Waals surface area contributed by atoms with Crippen LogP contribution in [-0.4, -0.2) is 4.98 Å². The van der Waals surface area contributed by atoms with Gasteiger partial charge < -0.3 is 4.74 Å². The number of hydrogen-bond acceptors (Lipinski definition) is 3. The number of nitrogens with zero attached hydrogens (tertiary/aromatic N) is 2. The van der Waals surface area contributed by atoms with Gasteiger partial charge in [-0.2, -0.15) is 5.26 Å². The van der Waals surface area contributed by atoms with Crippen LogP contribution in [0.5, 0.6) is 5.75 Å². The molecule has 3 nitrogen and oxygen atoms in total. The van der Waals surface area contributed by atoms with Crippen molar-refractivity contribution in [3.05, 3.63) is 59.4 Å². The number of nitriles is 1. The summed E-state index contributed by atoms with van der Waals surface area (Å²) in [6.45, 7) is 4.58. The maximum absolute atomic E-state index is 9.18. The van der Waals surface area contributed by atoms with E-state index >= 15 is 0 Å². The minimum atomic E-state index is 0.372. The van der Waals surface area contributed by atoms with Gasteiger partial charge in [0, 0.05) is 6.20 Å². The van der Waals surface area contributed by atoms with Crippen LogP contribution in [0.3, 0.4) is 0 Å². The number of ether oxygens (including phenoxy) is 1. The molecular formula is C16H16N2O. The maximum atomic E-state index is 9.18. The molecular weight excluding hydrogens is 236 g/mol. The van der Waals surface area contributed by atoms with Crippen molar-refractivity contribution in [3.63, 3.8) is 0 Å². The fourth-order valence-electron chi connectivity index (χ4n) is 1.76. The lowest BCUT2D eigenvalue weighted by molar-refractivity contribution is 0.300. The van der Waals surface area contributed by atoms with Crippen molar-refractivity contribution in [1.29, 1.82) is 5.26 Å². The Labute approximate surface area is 113 Å². The molecule has 0 unspecified atom stereocenters. The second-order valence-electron chi connectivity index (χ2n) is 4.63. The first-order valence-electron chi connectivity index (χ1n) is 6.27. The highest BCUT2D eigenvalue weighted by Crippen LogP contribution is 2.24. The molecule has 96 valence electrons. The van der Waals surface area contributed by atoms with E-state index in [4.69, 9.17) is 4.74 Å². The van der Waals surface area contributed by atoms with Gasteiger partial charge in [-0.25, -0.2) is 0 Å². The first kappa shape index (κ1) is 13.1. The van der Waals surface area contributed by atoms with E-state index in [1.807, 2.05) is 36.4 Å². The van der Waals surface area contributed by atoms with Crippen molar-refractivity contribution in [1.82, 2.24) is 4.98 Å². The summed E-state index contributed by atoms with van der Waals surface area (Å²) in [4.78, 5) is 4.19. The number of aromatic nitrogens is 1. The van der Waals surface area contributed by atoms with Crippen LogP contribution in [0.25, 0.3) is 0 Å². The first-order valence-corrected chi connectivity index (χ1v) is 6.27. The number of rotatable bonds is 4. The van der Waals surface area contributed by atoms with Crippen LogP contribution in [0.2, 0.25) is 0 Å². The molecule has 0 amide bonds. The summed E-state index contributed by atoms with van der Waals surface area (Å²) in [5.74, 6) is 1.01. The van der Waals surface area contributed by atoms with E-state index in [0.29, 0.717) is 23.8 Å². The molecule has 2 aromatic rings. The van der Waals surface area contributed by atoms with Gasteiger partial charge in [0.2, 0.25) is 0 Å². The van der Waals surface area contributed by atoms with E-state index in [1.54, 1.807) is 6.20 Å². The van der Waals surface area contributed by atoms with Gasteiger partial charge in [-0.05, 0) is 35.7 Å². The molecule has 1 aromatic heterocycles. The van der Waals surface area contributed by atoms with Crippen molar-refractivity contribution in [3.8, 4) is 11.8 Å². The van der Waals surface area contributed by atoms with Crippen molar-refractivity contribution in [2.75, 3.05) is 0 Å². The zero-order valence-corrected chi connectivity index (χ0v) is 11.1. The summed E-state index contributed by atoms with van der Waals surface area (Å²) in [7, 11) is 0. The maximum Gasteiger partial charge on any atom is 0.137 e. The Morgan fingerprint density at radius 2 is 2.11 bits per heavy atom. The molecule has 0 bridgehead atoms. The van der Waals surface area contributed by atoms with Crippen LogP contribution in [0, 0.1) is 11.3 Å². The van der Waals surface area contributed by atoms with E-state index in [-0.39, 0.29) is 0 Å². The second kappa shape index (κ2) is 6.01. The summed E-state index contributed by atoms with van der Waals surface area (Å²) < 4.78 is 5.66. The highest BCUT2D eigenvalue weighted by atomic mass is 16.5. The molecule has 19 heavy (non-hydrogen) atoms. The Morgan fingerprint density at radius 3 is 2.74 bits per heavy atom. The molecule has 0 fully saturated rings. The minimum absolute atomic E-state index is 0.372. The Balaban J connectivity index is 2.15. The van der Waals surface area contributed by atoms with Gasteiger partial charge in [0.05, 0.1) is 11.3 Å². The topological polar surface area (TPSA) is 45.9 Å². The Hall–Kier alpha value is -2.34. The Kier molecular flexibility index (Phi) is 4.15. The van der Waals surface area contributed by atoms with Crippen LogP contribution in [0.4, 0.5) is 0 Å². The molecule has 0 aliphatic heterocycles. The van der Waals surface area contributed by atoms with Crippen LogP contribution < -0.4 is 4.74 Å². The lowest BCUT2D eigenvalue weighted by Crippen LogP contribution is -2.00. The molecule has 1 aromatic carbocycles. The van der Waals surface area contributed by atoms with Crippen molar-refractivity contribution < 1.29 is 4.74 Å². The van der Waals surface area contributed by atoms with Crippen LogP contribution in [-0.2, 0) is 6.61 Å². The van der Waals surface area contributed by atoms with E-state index in [9.17, 15) is 5.26 Å². The zero-order chi connectivity index (χ0) is 13.7. The number of pyridine rings is 1. The molecule has 0 spiro atoms. The van der Waals surface area contributed by atoms with Crippen LogP contribution in [0.15, 0.2) is 42.6 Å². The molecule has 0 radical (unpaired) electrons. The first-order chi connectivity index (χ1) is 9.20. The summed E-state index contributed by atoms with van der Waals surface area (Å²) >= 11 is 0. The molecule has 0 atom stereocenters. The van der Waals surface area contributed by atoms with Crippen molar-refractivity contribution in [2.24, 2.45) is 0 Å². The molecule has 0 N–H and O–H groups in total. The van der Waals surface area contributed by atoms with E-state index in [1.165, 1.54) is 0 Å². The summed E-state index contributed by atoms with van der Waals surface area (Å²) in [5.41, 5.74) is 2.56. The third-order valence-corrected chi connectivity index (χ3v) is 2.89. The standard InChI is InChI=1S/C16H16N2O/c1-12(2)13-6-7-16(14(9-13)10-17)19-11-15-5-3-4-8-18-15/h3-9,12H,11H2,1-2H3. The monoisotopic (exact) mass is 252 g/mol. The molecule has 0 aliphatic rings. The quantitative estimate of drug-likeness (QED) is 0.834. The van der Waals surface area contributed by atoms with Gasteiger partial charge in [0.25, 0.3) is 0 Å². The van der Waals surface area contributed by atoms with Crippen LogP contribution >= 0.6 is 0 Å². The highest BCUT2D eigenvalue weighted by molar-refractivity contribution is 5.46. The molecule has 0 saturated carbocycles. The summed E-state index contributed by atoms with van der Waals surface area (Å²) in [6, 6.07) is 13.6. The van der Waals surface area contributed by atoms with Gasteiger partial charge in [0.15, 0.2) is 0 Å². The molecule has 0 saturated heterocycles. The summed E-state index contributed by atoms with van der Waals surface area (Å²) in [6.07, 6.45) is 1.73. The molecule has 3 heteroatoms. The van der Waals surface area contributed by atoms with Gasteiger partial charge >= 0.3 is 0 Å². The zero-order valence-electron chi connectivity index (χ0n) is 11.1. The molecule has 2 rings (SSSR count). The average Bonchev–Trinajstić information content (AvgIpc) is 2.45. The van der Waals surface area contributed by atoms with E-state index < -0.39 is 0 Å².